The van der Waals surface area contributed by atoms with Gasteiger partial charge < -0.3 is 9.32 Å². The molecule has 1 saturated heterocycles. The summed E-state index contributed by atoms with van der Waals surface area (Å²) in [6.07, 6.45) is 4.43. The molecule has 110 valence electrons. The Morgan fingerprint density at radius 2 is 2.15 bits per heavy atom. The smallest absolute Gasteiger partial charge is 0.223 e. The van der Waals surface area contributed by atoms with Crippen LogP contribution in [0.1, 0.15) is 61.4 Å². The molecule has 1 unspecified atom stereocenters. The first-order valence-corrected chi connectivity index (χ1v) is 7.38. The number of carbonyl (C=O) groups excluding carboxylic acids is 2. The van der Waals surface area contributed by atoms with Crippen molar-refractivity contribution in [1.82, 2.24) is 4.90 Å². The van der Waals surface area contributed by atoms with Gasteiger partial charge in [-0.1, -0.05) is 0 Å². The highest BCUT2D eigenvalue weighted by Gasteiger charge is 2.23. The maximum atomic E-state index is 12.2. The first kappa shape index (κ1) is 14.8. The molecule has 4 nitrogen and oxygen atoms in total. The summed E-state index contributed by atoms with van der Waals surface area (Å²) in [6, 6.07) is 2.12. The number of furan rings is 1. The molecule has 2 heterocycles. The SMILES string of the molecule is CC(=O)c1cc(CCC(=O)N2CCCCC2C)oc1C. The molecular weight excluding hydrogens is 254 g/mol. The van der Waals surface area contributed by atoms with Crippen molar-refractivity contribution in [3.8, 4) is 0 Å². The zero-order valence-electron chi connectivity index (χ0n) is 12.6. The van der Waals surface area contributed by atoms with E-state index in [1.54, 1.807) is 13.0 Å². The van der Waals surface area contributed by atoms with E-state index in [0.29, 0.717) is 30.2 Å². The zero-order chi connectivity index (χ0) is 14.7. The molecule has 0 aliphatic carbocycles. The second-order valence-electron chi connectivity index (χ2n) is 5.67. The van der Waals surface area contributed by atoms with Crippen molar-refractivity contribution in [2.45, 2.75) is 58.9 Å². The molecule has 1 fully saturated rings. The van der Waals surface area contributed by atoms with Gasteiger partial charge in [-0.25, -0.2) is 0 Å². The number of rotatable bonds is 4. The van der Waals surface area contributed by atoms with Gasteiger partial charge in [-0.2, -0.15) is 0 Å². The maximum absolute atomic E-state index is 12.2. The summed E-state index contributed by atoms with van der Waals surface area (Å²) in [4.78, 5) is 25.6. The van der Waals surface area contributed by atoms with Gasteiger partial charge >= 0.3 is 0 Å². The zero-order valence-corrected chi connectivity index (χ0v) is 12.6. The number of likely N-dealkylation sites (tertiary alicyclic amines) is 1. The first-order chi connectivity index (χ1) is 9.49. The van der Waals surface area contributed by atoms with Crippen LogP contribution in [-0.4, -0.2) is 29.2 Å². The van der Waals surface area contributed by atoms with Crippen molar-refractivity contribution in [3.05, 3.63) is 23.2 Å². The quantitative estimate of drug-likeness (QED) is 0.794. The van der Waals surface area contributed by atoms with E-state index in [9.17, 15) is 9.59 Å². The molecule has 1 amide bonds. The Bertz CT molecular complexity index is 504. The molecule has 0 bridgehead atoms. The minimum absolute atomic E-state index is 0.00785. The normalized spacial score (nSPS) is 19.1. The minimum Gasteiger partial charge on any atom is -0.466 e. The van der Waals surface area contributed by atoms with Crippen molar-refractivity contribution in [1.29, 1.82) is 0 Å². The molecule has 1 aliphatic rings. The number of amides is 1. The van der Waals surface area contributed by atoms with Crippen LogP contribution in [0.5, 0.6) is 0 Å². The van der Waals surface area contributed by atoms with Gasteiger partial charge in [-0.05, 0) is 46.1 Å². The van der Waals surface area contributed by atoms with Crippen LogP contribution in [0.25, 0.3) is 0 Å². The molecule has 0 spiro atoms. The van der Waals surface area contributed by atoms with Crippen molar-refractivity contribution >= 4 is 11.7 Å². The van der Waals surface area contributed by atoms with E-state index in [-0.39, 0.29) is 11.7 Å². The first-order valence-electron chi connectivity index (χ1n) is 7.38. The third-order valence-corrected chi connectivity index (χ3v) is 4.06. The third kappa shape index (κ3) is 3.30. The van der Waals surface area contributed by atoms with E-state index < -0.39 is 0 Å². The van der Waals surface area contributed by atoms with Crippen molar-refractivity contribution in [2.75, 3.05) is 6.54 Å². The van der Waals surface area contributed by atoms with E-state index in [4.69, 9.17) is 4.42 Å². The Morgan fingerprint density at radius 3 is 2.75 bits per heavy atom. The number of hydrogen-bond donors (Lipinski definition) is 0. The standard InChI is InChI=1S/C16H23NO3/c1-11-6-4-5-9-17(11)16(19)8-7-14-10-15(12(2)18)13(3)20-14/h10-11H,4-9H2,1-3H3. The summed E-state index contributed by atoms with van der Waals surface area (Å²) < 4.78 is 5.55. The van der Waals surface area contributed by atoms with Gasteiger partial charge in [0.25, 0.3) is 0 Å². The number of nitrogens with zero attached hydrogens (tertiary/aromatic N) is 1. The second-order valence-corrected chi connectivity index (χ2v) is 5.67. The lowest BCUT2D eigenvalue weighted by molar-refractivity contribution is -0.134. The van der Waals surface area contributed by atoms with Crippen molar-refractivity contribution < 1.29 is 14.0 Å². The van der Waals surface area contributed by atoms with Gasteiger partial charge in [0.15, 0.2) is 5.78 Å². The minimum atomic E-state index is 0.00785. The second kappa shape index (κ2) is 6.25. The Balaban J connectivity index is 1.93. The van der Waals surface area contributed by atoms with Gasteiger partial charge in [0.2, 0.25) is 5.91 Å². The molecule has 4 heteroatoms. The Hall–Kier alpha value is -1.58. The summed E-state index contributed by atoms with van der Waals surface area (Å²) in [5.74, 6) is 1.57. The van der Waals surface area contributed by atoms with E-state index in [1.165, 1.54) is 13.3 Å². The molecule has 0 aromatic carbocycles. The number of carbonyl (C=O) groups is 2. The molecular formula is C16H23NO3. The third-order valence-electron chi connectivity index (χ3n) is 4.06. The largest absolute Gasteiger partial charge is 0.466 e. The highest BCUT2D eigenvalue weighted by atomic mass is 16.3. The van der Waals surface area contributed by atoms with E-state index >= 15 is 0 Å². The van der Waals surface area contributed by atoms with E-state index in [0.717, 1.165) is 25.1 Å². The average Bonchev–Trinajstić information content (AvgIpc) is 2.78. The van der Waals surface area contributed by atoms with E-state index in [1.807, 2.05) is 4.90 Å². The lowest BCUT2D eigenvalue weighted by Gasteiger charge is -2.33. The number of hydrogen-bond acceptors (Lipinski definition) is 3. The van der Waals surface area contributed by atoms with Gasteiger partial charge in [-0.3, -0.25) is 9.59 Å². The molecule has 0 saturated carbocycles. The molecule has 0 N–H and O–H groups in total. The Morgan fingerprint density at radius 1 is 1.40 bits per heavy atom. The topological polar surface area (TPSA) is 50.5 Å². The van der Waals surface area contributed by atoms with Crippen LogP contribution < -0.4 is 0 Å². The molecule has 0 radical (unpaired) electrons. The molecule has 2 rings (SSSR count). The maximum Gasteiger partial charge on any atom is 0.223 e. The fourth-order valence-electron chi connectivity index (χ4n) is 2.86. The number of aryl methyl sites for hydroxylation is 2. The summed E-state index contributed by atoms with van der Waals surface area (Å²) in [5.41, 5.74) is 0.624. The fraction of sp³-hybridized carbons (Fsp3) is 0.625. The number of Topliss-reactive ketones (excluding diaryl/α,β-unsaturated/α-hetero) is 1. The van der Waals surface area contributed by atoms with Crippen LogP contribution in [0.4, 0.5) is 0 Å². The fourth-order valence-corrected chi connectivity index (χ4v) is 2.86. The van der Waals surface area contributed by atoms with Crippen LogP contribution in [-0.2, 0) is 11.2 Å². The van der Waals surface area contributed by atoms with Gasteiger partial charge in [0.05, 0.1) is 5.56 Å². The van der Waals surface area contributed by atoms with Gasteiger partial charge in [0.1, 0.15) is 11.5 Å². The highest BCUT2D eigenvalue weighted by molar-refractivity contribution is 5.95. The average molecular weight is 277 g/mol. The summed E-state index contributed by atoms with van der Waals surface area (Å²) in [5, 5.41) is 0. The summed E-state index contributed by atoms with van der Waals surface area (Å²) >= 11 is 0. The lowest BCUT2D eigenvalue weighted by atomic mass is 10.0. The summed E-state index contributed by atoms with van der Waals surface area (Å²) in [6.45, 7) is 6.30. The van der Waals surface area contributed by atoms with Crippen molar-refractivity contribution in [2.24, 2.45) is 0 Å². The molecule has 1 aromatic heterocycles. The van der Waals surface area contributed by atoms with Crippen LogP contribution in [0, 0.1) is 6.92 Å². The van der Waals surface area contributed by atoms with Gasteiger partial charge in [0, 0.05) is 25.4 Å². The molecule has 1 aromatic rings. The van der Waals surface area contributed by atoms with Crippen LogP contribution >= 0.6 is 0 Å². The predicted molar refractivity (Wildman–Crippen MR) is 76.8 cm³/mol. The van der Waals surface area contributed by atoms with Crippen LogP contribution in [0.3, 0.4) is 0 Å². The van der Waals surface area contributed by atoms with Gasteiger partial charge in [-0.15, -0.1) is 0 Å². The predicted octanol–water partition coefficient (Wildman–Crippen LogP) is 3.12. The lowest BCUT2D eigenvalue weighted by Crippen LogP contribution is -2.42. The molecule has 1 aliphatic heterocycles. The molecule has 1 atom stereocenters. The number of ketones is 1. The molecule has 20 heavy (non-hydrogen) atoms. The van der Waals surface area contributed by atoms with E-state index in [2.05, 4.69) is 6.92 Å². The Labute approximate surface area is 120 Å². The Kier molecular flexibility index (Phi) is 4.63. The number of piperidine rings is 1. The van der Waals surface area contributed by atoms with Crippen molar-refractivity contribution in [3.63, 3.8) is 0 Å². The summed E-state index contributed by atoms with van der Waals surface area (Å²) in [7, 11) is 0. The van der Waals surface area contributed by atoms with Crippen LogP contribution in [0.2, 0.25) is 0 Å². The highest BCUT2D eigenvalue weighted by Crippen LogP contribution is 2.20. The monoisotopic (exact) mass is 277 g/mol. The van der Waals surface area contributed by atoms with Crippen LogP contribution in [0.15, 0.2) is 10.5 Å².